The molecule has 0 saturated heterocycles. The minimum absolute atomic E-state index is 0.602. The molecule has 0 spiro atoms. The average molecular weight is 184 g/mol. The van der Waals surface area contributed by atoms with Crippen LogP contribution in [0, 0.1) is 0 Å². The second kappa shape index (κ2) is 4.28. The van der Waals surface area contributed by atoms with Gasteiger partial charge in [0.1, 0.15) is 0 Å². The fourth-order valence-electron chi connectivity index (χ4n) is 1.89. The molecule has 1 aromatic carbocycles. The molecular formula is C14H16. The molecule has 0 amide bonds. The van der Waals surface area contributed by atoms with Crippen molar-refractivity contribution in [2.75, 3.05) is 0 Å². The van der Waals surface area contributed by atoms with Crippen molar-refractivity contribution >= 4 is 0 Å². The first kappa shape index (κ1) is 9.26. The highest BCUT2D eigenvalue weighted by Gasteiger charge is 2.08. The van der Waals surface area contributed by atoms with Crippen molar-refractivity contribution < 1.29 is 0 Å². The molecule has 2 rings (SSSR count). The fraction of sp³-hybridized carbons (Fsp3) is 0.286. The summed E-state index contributed by atoms with van der Waals surface area (Å²) >= 11 is 0. The molecule has 0 bridgehead atoms. The summed E-state index contributed by atoms with van der Waals surface area (Å²) in [6.45, 7) is 2.21. The minimum Gasteiger partial charge on any atom is -0.0770 e. The average Bonchev–Trinajstić information content (AvgIpc) is 2.44. The van der Waals surface area contributed by atoms with E-state index in [1.165, 1.54) is 24.0 Å². The second-order valence-electron chi connectivity index (χ2n) is 3.95. The molecule has 0 nitrogen and oxygen atoms in total. The Morgan fingerprint density at radius 2 is 1.93 bits per heavy atom. The Labute approximate surface area is 86.0 Å². The summed E-state index contributed by atoms with van der Waals surface area (Å²) < 4.78 is 0. The Hall–Kier alpha value is -1.30. The number of hydrogen-bond donors (Lipinski definition) is 0. The molecule has 0 heterocycles. The Kier molecular flexibility index (Phi) is 2.83. The van der Waals surface area contributed by atoms with E-state index in [2.05, 4.69) is 55.5 Å². The Bertz CT molecular complexity index is 344. The molecule has 0 aliphatic heterocycles. The van der Waals surface area contributed by atoms with Crippen LogP contribution in [0.15, 0.2) is 54.1 Å². The van der Waals surface area contributed by atoms with Gasteiger partial charge in [-0.15, -0.1) is 0 Å². The molecule has 0 aromatic heterocycles. The van der Waals surface area contributed by atoms with Gasteiger partial charge >= 0.3 is 0 Å². The first-order valence-corrected chi connectivity index (χ1v) is 5.25. The smallest absolute Gasteiger partial charge is 0.00241 e. The van der Waals surface area contributed by atoms with Crippen LogP contribution in [0.3, 0.4) is 0 Å². The zero-order valence-electron chi connectivity index (χ0n) is 8.61. The van der Waals surface area contributed by atoms with Gasteiger partial charge in [-0.3, -0.25) is 0 Å². The van der Waals surface area contributed by atoms with E-state index in [0.29, 0.717) is 5.92 Å². The maximum atomic E-state index is 2.31. The van der Waals surface area contributed by atoms with Gasteiger partial charge in [0.25, 0.3) is 0 Å². The van der Waals surface area contributed by atoms with Gasteiger partial charge in [-0.2, -0.15) is 0 Å². The molecule has 1 atom stereocenters. The third-order valence-corrected chi connectivity index (χ3v) is 2.80. The summed E-state index contributed by atoms with van der Waals surface area (Å²) in [7, 11) is 0. The van der Waals surface area contributed by atoms with Crippen molar-refractivity contribution in [2.24, 2.45) is 0 Å². The van der Waals surface area contributed by atoms with Gasteiger partial charge in [0.15, 0.2) is 0 Å². The van der Waals surface area contributed by atoms with Crippen molar-refractivity contribution in [3.8, 4) is 0 Å². The molecule has 14 heavy (non-hydrogen) atoms. The first-order chi connectivity index (χ1) is 6.86. The quantitative estimate of drug-likeness (QED) is 0.617. The predicted octanol–water partition coefficient (Wildman–Crippen LogP) is 4.07. The Balaban J connectivity index is 2.15. The summed E-state index contributed by atoms with van der Waals surface area (Å²) in [4.78, 5) is 0. The SMILES string of the molecule is CC1=CC=CC(c2ccccc2)CC1. The van der Waals surface area contributed by atoms with E-state index in [0.717, 1.165) is 0 Å². The molecule has 1 aliphatic rings. The lowest BCUT2D eigenvalue weighted by Gasteiger charge is -2.11. The summed E-state index contributed by atoms with van der Waals surface area (Å²) in [5.41, 5.74) is 2.92. The van der Waals surface area contributed by atoms with Crippen molar-refractivity contribution in [1.29, 1.82) is 0 Å². The van der Waals surface area contributed by atoms with Crippen LogP contribution in [0.1, 0.15) is 31.2 Å². The van der Waals surface area contributed by atoms with E-state index in [4.69, 9.17) is 0 Å². The zero-order chi connectivity index (χ0) is 9.80. The lowest BCUT2D eigenvalue weighted by molar-refractivity contribution is 0.737. The van der Waals surface area contributed by atoms with Gasteiger partial charge in [-0.05, 0) is 25.3 Å². The second-order valence-corrected chi connectivity index (χ2v) is 3.95. The summed E-state index contributed by atoms with van der Waals surface area (Å²) in [6, 6.07) is 10.8. The molecule has 0 fully saturated rings. The third kappa shape index (κ3) is 2.14. The summed E-state index contributed by atoms with van der Waals surface area (Å²) in [5.74, 6) is 0.602. The molecule has 72 valence electrons. The maximum absolute atomic E-state index is 2.31. The number of benzene rings is 1. The highest BCUT2D eigenvalue weighted by molar-refractivity contribution is 5.27. The van der Waals surface area contributed by atoms with Crippen LogP contribution in [-0.2, 0) is 0 Å². The van der Waals surface area contributed by atoms with Crippen LogP contribution in [0.2, 0.25) is 0 Å². The van der Waals surface area contributed by atoms with Gasteiger partial charge in [0.2, 0.25) is 0 Å². The third-order valence-electron chi connectivity index (χ3n) is 2.80. The van der Waals surface area contributed by atoms with Crippen molar-refractivity contribution in [3.63, 3.8) is 0 Å². The largest absolute Gasteiger partial charge is 0.0770 e. The lowest BCUT2D eigenvalue weighted by atomic mass is 9.94. The summed E-state index contributed by atoms with van der Waals surface area (Å²) in [6.07, 6.45) is 9.18. The zero-order valence-corrected chi connectivity index (χ0v) is 8.61. The highest BCUT2D eigenvalue weighted by Crippen LogP contribution is 2.26. The van der Waals surface area contributed by atoms with E-state index in [-0.39, 0.29) is 0 Å². The van der Waals surface area contributed by atoms with Crippen molar-refractivity contribution in [2.45, 2.75) is 25.7 Å². The minimum atomic E-state index is 0.602. The van der Waals surface area contributed by atoms with Crippen LogP contribution in [0.4, 0.5) is 0 Å². The van der Waals surface area contributed by atoms with E-state index in [1.807, 2.05) is 0 Å². The monoisotopic (exact) mass is 184 g/mol. The molecule has 1 aliphatic carbocycles. The van der Waals surface area contributed by atoms with Gasteiger partial charge < -0.3 is 0 Å². The molecule has 0 heteroatoms. The molecular weight excluding hydrogens is 168 g/mol. The van der Waals surface area contributed by atoms with Crippen LogP contribution < -0.4 is 0 Å². The Morgan fingerprint density at radius 1 is 1.14 bits per heavy atom. The fourth-order valence-corrected chi connectivity index (χ4v) is 1.89. The molecule has 1 unspecified atom stereocenters. The van der Waals surface area contributed by atoms with Crippen LogP contribution in [0.25, 0.3) is 0 Å². The highest BCUT2D eigenvalue weighted by atomic mass is 14.1. The topological polar surface area (TPSA) is 0 Å². The number of allylic oxidation sites excluding steroid dienone is 4. The van der Waals surface area contributed by atoms with Crippen LogP contribution in [-0.4, -0.2) is 0 Å². The van der Waals surface area contributed by atoms with Gasteiger partial charge in [-0.25, -0.2) is 0 Å². The van der Waals surface area contributed by atoms with Gasteiger partial charge in [0, 0.05) is 5.92 Å². The van der Waals surface area contributed by atoms with E-state index in [9.17, 15) is 0 Å². The van der Waals surface area contributed by atoms with Crippen molar-refractivity contribution in [3.05, 3.63) is 59.7 Å². The summed E-state index contributed by atoms with van der Waals surface area (Å²) in [5, 5.41) is 0. The van der Waals surface area contributed by atoms with E-state index < -0.39 is 0 Å². The molecule has 0 radical (unpaired) electrons. The standard InChI is InChI=1S/C14H16/c1-12-6-5-9-14(11-10-12)13-7-3-2-4-8-13/h2-9,14H,10-11H2,1H3. The maximum Gasteiger partial charge on any atom is 0.00241 e. The number of rotatable bonds is 1. The van der Waals surface area contributed by atoms with E-state index in [1.54, 1.807) is 0 Å². The Morgan fingerprint density at radius 3 is 2.71 bits per heavy atom. The van der Waals surface area contributed by atoms with Gasteiger partial charge in [0.05, 0.1) is 0 Å². The van der Waals surface area contributed by atoms with E-state index >= 15 is 0 Å². The van der Waals surface area contributed by atoms with Gasteiger partial charge in [-0.1, -0.05) is 54.1 Å². The van der Waals surface area contributed by atoms with Crippen LogP contribution in [0.5, 0.6) is 0 Å². The first-order valence-electron chi connectivity index (χ1n) is 5.25. The lowest BCUT2D eigenvalue weighted by Crippen LogP contribution is -1.93. The van der Waals surface area contributed by atoms with Crippen molar-refractivity contribution in [1.82, 2.24) is 0 Å². The van der Waals surface area contributed by atoms with Crippen LogP contribution >= 0.6 is 0 Å². The number of hydrogen-bond acceptors (Lipinski definition) is 0. The predicted molar refractivity (Wildman–Crippen MR) is 61.3 cm³/mol. The normalized spacial score (nSPS) is 21.5. The molecule has 0 N–H and O–H groups in total. The molecule has 1 aromatic rings. The molecule has 0 saturated carbocycles.